The zero-order valence-electron chi connectivity index (χ0n) is 12.6. The molecule has 0 spiro atoms. The summed E-state index contributed by atoms with van der Waals surface area (Å²) in [4.78, 5) is 23.8. The summed E-state index contributed by atoms with van der Waals surface area (Å²) in [5.41, 5.74) is 0.219. The van der Waals surface area contributed by atoms with Crippen molar-refractivity contribution >= 4 is 23.2 Å². The van der Waals surface area contributed by atoms with Crippen LogP contribution in [0.15, 0.2) is 42.5 Å². The van der Waals surface area contributed by atoms with Crippen LogP contribution in [0.4, 0.5) is 15.8 Å². The quantitative estimate of drug-likeness (QED) is 0.849. The number of para-hydroxylation sites is 1. The Bertz CT molecular complexity index is 734. The fourth-order valence-electron chi connectivity index (χ4n) is 1.82. The minimum atomic E-state index is -0.993. The monoisotopic (exact) mass is 318 g/mol. The molecule has 0 aliphatic carbocycles. The van der Waals surface area contributed by atoms with Crippen molar-refractivity contribution in [3.8, 4) is 11.5 Å². The number of rotatable bonds is 4. The number of carbonyl (C=O) groups excluding carboxylic acids is 2. The van der Waals surface area contributed by atoms with Gasteiger partial charge in [-0.15, -0.1) is 0 Å². The number of benzene rings is 2. The summed E-state index contributed by atoms with van der Waals surface area (Å²) in [6, 6.07) is 10.3. The van der Waals surface area contributed by atoms with Gasteiger partial charge in [0.05, 0.1) is 25.6 Å². The van der Waals surface area contributed by atoms with E-state index in [1.807, 2.05) is 0 Å². The number of hydrogen-bond donors (Lipinski definition) is 2. The van der Waals surface area contributed by atoms with Crippen molar-refractivity contribution < 1.29 is 23.5 Å². The Morgan fingerprint density at radius 1 is 0.913 bits per heavy atom. The molecule has 2 aromatic rings. The van der Waals surface area contributed by atoms with Gasteiger partial charge in [-0.2, -0.15) is 0 Å². The van der Waals surface area contributed by atoms with Gasteiger partial charge in [-0.25, -0.2) is 4.39 Å². The highest BCUT2D eigenvalue weighted by molar-refractivity contribution is 6.43. The van der Waals surface area contributed by atoms with E-state index in [2.05, 4.69) is 10.6 Å². The highest BCUT2D eigenvalue weighted by Crippen LogP contribution is 2.29. The third-order valence-corrected chi connectivity index (χ3v) is 2.99. The highest BCUT2D eigenvalue weighted by Gasteiger charge is 2.17. The van der Waals surface area contributed by atoms with E-state index in [-0.39, 0.29) is 5.69 Å². The van der Waals surface area contributed by atoms with E-state index in [9.17, 15) is 14.0 Å². The normalized spacial score (nSPS) is 9.87. The van der Waals surface area contributed by atoms with E-state index >= 15 is 0 Å². The molecule has 0 aliphatic rings. The molecule has 0 unspecified atom stereocenters. The SMILES string of the molecule is COc1ccc(NC(=O)C(=O)Nc2ccccc2F)c(OC)c1. The predicted molar refractivity (Wildman–Crippen MR) is 83.2 cm³/mol. The van der Waals surface area contributed by atoms with E-state index < -0.39 is 17.6 Å². The van der Waals surface area contributed by atoms with Gasteiger partial charge in [-0.3, -0.25) is 9.59 Å². The predicted octanol–water partition coefficient (Wildman–Crippen LogP) is 2.42. The number of methoxy groups -OCH3 is 2. The van der Waals surface area contributed by atoms with Crippen molar-refractivity contribution in [3.63, 3.8) is 0 Å². The van der Waals surface area contributed by atoms with Crippen molar-refractivity contribution in [1.82, 2.24) is 0 Å². The minimum Gasteiger partial charge on any atom is -0.497 e. The Kier molecular flexibility index (Phi) is 5.14. The van der Waals surface area contributed by atoms with Crippen LogP contribution in [0.5, 0.6) is 11.5 Å². The molecule has 7 heteroatoms. The molecule has 6 nitrogen and oxygen atoms in total. The van der Waals surface area contributed by atoms with Crippen LogP contribution in [0.3, 0.4) is 0 Å². The van der Waals surface area contributed by atoms with Crippen LogP contribution in [0.1, 0.15) is 0 Å². The molecular formula is C16H15FN2O4. The lowest BCUT2D eigenvalue weighted by Gasteiger charge is -2.11. The Labute approximate surface area is 132 Å². The van der Waals surface area contributed by atoms with Crippen molar-refractivity contribution in [1.29, 1.82) is 0 Å². The van der Waals surface area contributed by atoms with Gasteiger partial charge in [-0.05, 0) is 24.3 Å². The molecule has 0 heterocycles. The molecule has 2 N–H and O–H groups in total. The summed E-state index contributed by atoms with van der Waals surface area (Å²) in [6.07, 6.45) is 0. The number of halogens is 1. The van der Waals surface area contributed by atoms with Crippen LogP contribution in [-0.2, 0) is 9.59 Å². The number of carbonyl (C=O) groups is 2. The number of hydrogen-bond acceptors (Lipinski definition) is 4. The van der Waals surface area contributed by atoms with Gasteiger partial charge in [0.15, 0.2) is 0 Å². The summed E-state index contributed by atoms with van der Waals surface area (Å²) in [7, 11) is 2.92. The Balaban J connectivity index is 2.10. The van der Waals surface area contributed by atoms with Crippen LogP contribution in [-0.4, -0.2) is 26.0 Å². The Morgan fingerprint density at radius 3 is 2.17 bits per heavy atom. The first-order chi connectivity index (χ1) is 11.0. The van der Waals surface area contributed by atoms with Crippen LogP contribution in [0.25, 0.3) is 0 Å². The fraction of sp³-hybridized carbons (Fsp3) is 0.125. The zero-order valence-corrected chi connectivity index (χ0v) is 12.6. The van der Waals surface area contributed by atoms with Crippen LogP contribution in [0, 0.1) is 5.82 Å². The molecular weight excluding hydrogens is 303 g/mol. The van der Waals surface area contributed by atoms with Crippen molar-refractivity contribution in [3.05, 3.63) is 48.3 Å². The molecule has 0 atom stereocenters. The van der Waals surface area contributed by atoms with E-state index in [4.69, 9.17) is 9.47 Å². The van der Waals surface area contributed by atoms with Crippen molar-refractivity contribution in [2.75, 3.05) is 24.9 Å². The first-order valence-electron chi connectivity index (χ1n) is 6.64. The van der Waals surface area contributed by atoms with E-state index in [1.165, 1.54) is 38.5 Å². The maximum absolute atomic E-state index is 13.5. The van der Waals surface area contributed by atoms with Crippen molar-refractivity contribution in [2.24, 2.45) is 0 Å². The average molecular weight is 318 g/mol. The van der Waals surface area contributed by atoms with Gasteiger partial charge in [0.25, 0.3) is 0 Å². The fourth-order valence-corrected chi connectivity index (χ4v) is 1.82. The number of anilines is 2. The molecule has 0 aromatic heterocycles. The molecule has 120 valence electrons. The minimum absolute atomic E-state index is 0.0747. The zero-order chi connectivity index (χ0) is 16.8. The van der Waals surface area contributed by atoms with Gasteiger partial charge in [0.1, 0.15) is 17.3 Å². The lowest BCUT2D eigenvalue weighted by molar-refractivity contribution is -0.133. The standard InChI is InChI=1S/C16H15FN2O4/c1-22-10-7-8-13(14(9-10)23-2)19-16(21)15(20)18-12-6-4-3-5-11(12)17/h3-9H,1-2H3,(H,18,20)(H,19,21). The van der Waals surface area contributed by atoms with Crippen molar-refractivity contribution in [2.45, 2.75) is 0 Å². The van der Waals surface area contributed by atoms with Gasteiger partial charge in [-0.1, -0.05) is 12.1 Å². The molecule has 0 aliphatic heterocycles. The third kappa shape index (κ3) is 3.97. The maximum Gasteiger partial charge on any atom is 0.314 e. The molecule has 0 saturated carbocycles. The second kappa shape index (κ2) is 7.26. The third-order valence-electron chi connectivity index (χ3n) is 2.99. The average Bonchev–Trinajstić information content (AvgIpc) is 2.57. The van der Waals surface area contributed by atoms with Crippen LogP contribution in [0.2, 0.25) is 0 Å². The van der Waals surface area contributed by atoms with Crippen LogP contribution >= 0.6 is 0 Å². The summed E-state index contributed by atoms with van der Waals surface area (Å²) in [6.45, 7) is 0. The summed E-state index contributed by atoms with van der Waals surface area (Å²) < 4.78 is 23.6. The molecule has 0 fully saturated rings. The second-order valence-corrected chi connectivity index (χ2v) is 4.45. The molecule has 2 rings (SSSR count). The number of amides is 2. The van der Waals surface area contributed by atoms with E-state index in [0.29, 0.717) is 17.2 Å². The highest BCUT2D eigenvalue weighted by atomic mass is 19.1. The Morgan fingerprint density at radius 2 is 1.57 bits per heavy atom. The summed E-state index contributed by atoms with van der Waals surface area (Å²) in [5.74, 6) is -1.70. The second-order valence-electron chi connectivity index (χ2n) is 4.45. The van der Waals surface area contributed by atoms with E-state index in [0.717, 1.165) is 0 Å². The molecule has 23 heavy (non-hydrogen) atoms. The van der Waals surface area contributed by atoms with Gasteiger partial charge in [0, 0.05) is 6.07 Å². The number of ether oxygens (including phenoxy) is 2. The lowest BCUT2D eigenvalue weighted by Crippen LogP contribution is -2.29. The molecule has 0 radical (unpaired) electrons. The maximum atomic E-state index is 13.5. The largest absolute Gasteiger partial charge is 0.497 e. The Hall–Kier alpha value is -3.09. The lowest BCUT2D eigenvalue weighted by atomic mass is 10.2. The molecule has 2 aromatic carbocycles. The first kappa shape index (κ1) is 16.3. The van der Waals surface area contributed by atoms with Gasteiger partial charge < -0.3 is 20.1 Å². The number of nitrogens with one attached hydrogen (secondary N) is 2. The van der Waals surface area contributed by atoms with E-state index in [1.54, 1.807) is 18.2 Å². The molecule has 2 amide bonds. The topological polar surface area (TPSA) is 76.7 Å². The van der Waals surface area contributed by atoms with Crippen LogP contribution < -0.4 is 20.1 Å². The van der Waals surface area contributed by atoms with Gasteiger partial charge in [0.2, 0.25) is 0 Å². The first-order valence-corrected chi connectivity index (χ1v) is 6.64. The summed E-state index contributed by atoms with van der Waals surface area (Å²) in [5, 5.41) is 4.60. The summed E-state index contributed by atoms with van der Waals surface area (Å²) >= 11 is 0. The smallest absolute Gasteiger partial charge is 0.314 e. The molecule has 0 saturated heterocycles. The van der Waals surface area contributed by atoms with Gasteiger partial charge >= 0.3 is 11.8 Å². The molecule has 0 bridgehead atoms.